The molecule has 8 nitrogen and oxygen atoms in total. The van der Waals surface area contributed by atoms with Crippen LogP contribution in [0, 0.1) is 6.92 Å². The first kappa shape index (κ1) is 19.4. The van der Waals surface area contributed by atoms with Gasteiger partial charge in [0.05, 0.1) is 5.56 Å². The summed E-state index contributed by atoms with van der Waals surface area (Å²) in [5.74, 6) is -0.126. The van der Waals surface area contributed by atoms with Crippen LogP contribution in [-0.2, 0) is 9.59 Å². The summed E-state index contributed by atoms with van der Waals surface area (Å²) in [5.41, 5.74) is -0.463. The van der Waals surface area contributed by atoms with Crippen molar-refractivity contribution < 1.29 is 19.1 Å². The number of anilines is 1. The molecular formula is C20H22N4O4S. The van der Waals surface area contributed by atoms with E-state index in [0.29, 0.717) is 35.8 Å². The molecule has 4 rings (SSSR count). The third-order valence-corrected chi connectivity index (χ3v) is 6.12. The normalized spacial score (nSPS) is 22.3. The summed E-state index contributed by atoms with van der Waals surface area (Å²) in [6.45, 7) is 3.90. The SMILES string of the molecule is Cc1cnc(NC(=O)[C@@H](C)N2CC[C@@]3(CCC2=O)NC(=O)c2ccccc2O3)s1. The number of nitrogens with one attached hydrogen (secondary N) is 2. The van der Waals surface area contributed by atoms with E-state index in [1.165, 1.54) is 11.3 Å². The lowest BCUT2D eigenvalue weighted by Crippen LogP contribution is -2.56. The number of rotatable bonds is 3. The third-order valence-electron chi connectivity index (χ3n) is 5.30. The van der Waals surface area contributed by atoms with Gasteiger partial charge in [-0.15, -0.1) is 11.3 Å². The van der Waals surface area contributed by atoms with Gasteiger partial charge in [0, 0.05) is 36.9 Å². The number of aryl methyl sites for hydroxylation is 1. The van der Waals surface area contributed by atoms with E-state index in [1.54, 1.807) is 36.2 Å². The van der Waals surface area contributed by atoms with Gasteiger partial charge in [-0.2, -0.15) is 0 Å². The standard InChI is InChI=1S/C20H22N4O4S/c1-12-11-21-19(29-12)22-17(26)13(2)24-10-9-20(8-7-16(24)25)23-18(27)14-5-3-4-6-15(14)28-20/h3-6,11,13H,7-10H2,1-2H3,(H,23,27)(H,21,22,26)/t13-,20+/m1/s1. The molecule has 3 amide bonds. The Balaban J connectivity index is 1.48. The number of likely N-dealkylation sites (tertiary alicyclic amines) is 1. The smallest absolute Gasteiger partial charge is 0.258 e. The van der Waals surface area contributed by atoms with Crippen LogP contribution in [-0.4, -0.2) is 45.9 Å². The van der Waals surface area contributed by atoms with Crippen LogP contribution in [0.4, 0.5) is 5.13 Å². The number of carbonyl (C=O) groups is 3. The molecule has 0 radical (unpaired) electrons. The molecule has 0 saturated carbocycles. The Labute approximate surface area is 172 Å². The lowest BCUT2D eigenvalue weighted by Gasteiger charge is -2.38. The van der Waals surface area contributed by atoms with Crippen molar-refractivity contribution in [2.75, 3.05) is 11.9 Å². The van der Waals surface area contributed by atoms with Crippen molar-refractivity contribution in [1.82, 2.24) is 15.2 Å². The lowest BCUT2D eigenvalue weighted by molar-refractivity contribution is -0.137. The van der Waals surface area contributed by atoms with Gasteiger partial charge >= 0.3 is 0 Å². The summed E-state index contributed by atoms with van der Waals surface area (Å²) in [7, 11) is 0. The van der Waals surface area contributed by atoms with Crippen molar-refractivity contribution in [3.8, 4) is 5.75 Å². The molecule has 2 aromatic rings. The van der Waals surface area contributed by atoms with Crippen LogP contribution in [0.1, 0.15) is 41.4 Å². The molecule has 1 fully saturated rings. The number of thiazole rings is 1. The Hall–Kier alpha value is -2.94. The van der Waals surface area contributed by atoms with Gasteiger partial charge in [0.25, 0.3) is 5.91 Å². The number of hydrogen-bond donors (Lipinski definition) is 2. The first-order valence-electron chi connectivity index (χ1n) is 9.50. The van der Waals surface area contributed by atoms with Crippen molar-refractivity contribution in [3.05, 3.63) is 40.9 Å². The van der Waals surface area contributed by atoms with Gasteiger partial charge in [0.1, 0.15) is 11.8 Å². The van der Waals surface area contributed by atoms with Crippen LogP contribution in [0.5, 0.6) is 5.75 Å². The molecule has 1 spiro atoms. The molecule has 0 unspecified atom stereocenters. The van der Waals surface area contributed by atoms with E-state index in [0.717, 1.165) is 4.88 Å². The zero-order valence-corrected chi connectivity index (χ0v) is 17.0. The highest BCUT2D eigenvalue weighted by atomic mass is 32.1. The molecule has 2 aliphatic rings. The summed E-state index contributed by atoms with van der Waals surface area (Å²) < 4.78 is 6.13. The molecule has 1 aromatic carbocycles. The highest BCUT2D eigenvalue weighted by Gasteiger charge is 2.43. The molecule has 0 aliphatic carbocycles. The number of carbonyl (C=O) groups excluding carboxylic acids is 3. The number of amides is 3. The predicted molar refractivity (Wildman–Crippen MR) is 108 cm³/mol. The van der Waals surface area contributed by atoms with Gasteiger partial charge in [-0.3, -0.25) is 14.4 Å². The zero-order valence-electron chi connectivity index (χ0n) is 16.2. The average Bonchev–Trinajstić information content (AvgIpc) is 3.04. The number of nitrogens with zero attached hydrogens (tertiary/aromatic N) is 2. The molecular weight excluding hydrogens is 392 g/mol. The van der Waals surface area contributed by atoms with Crippen molar-refractivity contribution in [1.29, 1.82) is 0 Å². The fourth-order valence-electron chi connectivity index (χ4n) is 3.66. The first-order chi connectivity index (χ1) is 13.9. The third kappa shape index (κ3) is 3.82. The van der Waals surface area contributed by atoms with Crippen LogP contribution < -0.4 is 15.4 Å². The van der Waals surface area contributed by atoms with E-state index in [-0.39, 0.29) is 24.1 Å². The minimum Gasteiger partial charge on any atom is -0.467 e. The largest absolute Gasteiger partial charge is 0.467 e. The Morgan fingerprint density at radius 1 is 1.34 bits per heavy atom. The van der Waals surface area contributed by atoms with E-state index >= 15 is 0 Å². The van der Waals surface area contributed by atoms with Crippen molar-refractivity contribution in [2.45, 2.75) is 44.9 Å². The summed E-state index contributed by atoms with van der Waals surface area (Å²) in [4.78, 5) is 44.5. The maximum atomic E-state index is 12.7. The van der Waals surface area contributed by atoms with Crippen LogP contribution in [0.15, 0.2) is 30.5 Å². The maximum absolute atomic E-state index is 12.7. The Bertz CT molecular complexity index is 975. The molecule has 0 bridgehead atoms. The van der Waals surface area contributed by atoms with E-state index < -0.39 is 11.8 Å². The first-order valence-corrected chi connectivity index (χ1v) is 10.3. The van der Waals surface area contributed by atoms with Crippen molar-refractivity contribution >= 4 is 34.2 Å². The molecule has 29 heavy (non-hydrogen) atoms. The second-order valence-electron chi connectivity index (χ2n) is 7.33. The summed E-state index contributed by atoms with van der Waals surface area (Å²) in [6.07, 6.45) is 2.61. The minimum absolute atomic E-state index is 0.142. The molecule has 9 heteroatoms. The number of aromatic nitrogens is 1. The number of hydrogen-bond acceptors (Lipinski definition) is 6. The van der Waals surface area contributed by atoms with Crippen LogP contribution in [0.2, 0.25) is 0 Å². The van der Waals surface area contributed by atoms with Gasteiger partial charge in [0.2, 0.25) is 11.8 Å². The van der Waals surface area contributed by atoms with Gasteiger partial charge < -0.3 is 20.3 Å². The summed E-state index contributed by atoms with van der Waals surface area (Å²) in [6, 6.07) is 6.40. The topological polar surface area (TPSA) is 101 Å². The molecule has 2 aliphatic heterocycles. The number of benzene rings is 1. The quantitative estimate of drug-likeness (QED) is 0.803. The Morgan fingerprint density at radius 2 is 2.14 bits per heavy atom. The Morgan fingerprint density at radius 3 is 2.90 bits per heavy atom. The molecule has 1 saturated heterocycles. The van der Waals surface area contributed by atoms with Gasteiger partial charge in [-0.25, -0.2) is 4.98 Å². The average molecular weight is 414 g/mol. The lowest BCUT2D eigenvalue weighted by atomic mass is 10.0. The fraction of sp³-hybridized carbons (Fsp3) is 0.400. The van der Waals surface area contributed by atoms with Crippen LogP contribution >= 0.6 is 11.3 Å². The minimum atomic E-state index is -0.946. The van der Waals surface area contributed by atoms with Gasteiger partial charge in [-0.1, -0.05) is 12.1 Å². The van der Waals surface area contributed by atoms with E-state index in [4.69, 9.17) is 4.74 Å². The maximum Gasteiger partial charge on any atom is 0.258 e. The predicted octanol–water partition coefficient (Wildman–Crippen LogP) is 2.31. The number of ether oxygens (including phenoxy) is 1. The van der Waals surface area contributed by atoms with Crippen molar-refractivity contribution in [3.63, 3.8) is 0 Å². The molecule has 1 aromatic heterocycles. The van der Waals surface area contributed by atoms with Gasteiger partial charge in [0.15, 0.2) is 10.9 Å². The number of fused-ring (bicyclic) bond motifs is 1. The molecule has 2 atom stereocenters. The summed E-state index contributed by atoms with van der Waals surface area (Å²) >= 11 is 1.38. The highest BCUT2D eigenvalue weighted by Crippen LogP contribution is 2.34. The zero-order chi connectivity index (χ0) is 20.6. The monoisotopic (exact) mass is 414 g/mol. The Kier molecular flexibility index (Phi) is 4.99. The van der Waals surface area contributed by atoms with Crippen LogP contribution in [0.25, 0.3) is 0 Å². The molecule has 2 N–H and O–H groups in total. The van der Waals surface area contributed by atoms with E-state index in [9.17, 15) is 14.4 Å². The number of para-hydroxylation sites is 1. The second-order valence-corrected chi connectivity index (χ2v) is 8.56. The highest BCUT2D eigenvalue weighted by molar-refractivity contribution is 7.15. The fourth-order valence-corrected chi connectivity index (χ4v) is 4.32. The van der Waals surface area contributed by atoms with E-state index in [2.05, 4.69) is 15.6 Å². The van der Waals surface area contributed by atoms with E-state index in [1.807, 2.05) is 13.0 Å². The van der Waals surface area contributed by atoms with Crippen molar-refractivity contribution in [2.24, 2.45) is 0 Å². The van der Waals surface area contributed by atoms with Crippen LogP contribution in [0.3, 0.4) is 0 Å². The molecule has 152 valence electrons. The second kappa shape index (κ2) is 7.47. The summed E-state index contributed by atoms with van der Waals surface area (Å²) in [5, 5.41) is 6.21. The molecule has 3 heterocycles. The van der Waals surface area contributed by atoms with Gasteiger partial charge in [-0.05, 0) is 26.0 Å².